The number of benzene rings is 1. The van der Waals surface area contributed by atoms with E-state index in [1.54, 1.807) is 4.90 Å². The molecule has 0 fully saturated rings. The topological polar surface area (TPSA) is 52.8 Å². The van der Waals surface area contributed by atoms with E-state index in [2.05, 4.69) is 9.97 Å². The molecule has 112 valence electrons. The van der Waals surface area contributed by atoms with Crippen molar-refractivity contribution in [1.29, 1.82) is 5.26 Å². The number of aromatic nitrogens is 2. The van der Waals surface area contributed by atoms with Gasteiger partial charge in [-0.25, -0.2) is 9.97 Å². The van der Waals surface area contributed by atoms with Crippen LogP contribution < -0.4 is 4.90 Å². The highest BCUT2D eigenvalue weighted by Gasteiger charge is 2.32. The minimum atomic E-state index is -4.36. The van der Waals surface area contributed by atoms with Gasteiger partial charge in [0.15, 0.2) is 11.5 Å². The molecule has 2 aromatic rings. The molecule has 0 bridgehead atoms. The van der Waals surface area contributed by atoms with Gasteiger partial charge in [-0.1, -0.05) is 6.07 Å². The fourth-order valence-corrected chi connectivity index (χ4v) is 2.56. The number of fused-ring (bicyclic) bond motifs is 1. The lowest BCUT2D eigenvalue weighted by atomic mass is 9.97. The Morgan fingerprint density at radius 1 is 1.14 bits per heavy atom. The van der Waals surface area contributed by atoms with Crippen molar-refractivity contribution in [3.8, 4) is 6.07 Å². The number of nitriles is 1. The van der Waals surface area contributed by atoms with Crippen LogP contribution in [-0.4, -0.2) is 16.5 Å². The monoisotopic (exact) mass is 304 g/mol. The second-order valence-electron chi connectivity index (χ2n) is 4.99. The Morgan fingerprint density at radius 3 is 2.64 bits per heavy atom. The summed E-state index contributed by atoms with van der Waals surface area (Å²) in [7, 11) is 0. The molecule has 22 heavy (non-hydrogen) atoms. The van der Waals surface area contributed by atoms with E-state index in [4.69, 9.17) is 5.26 Å². The normalized spacial score (nSPS) is 14.4. The summed E-state index contributed by atoms with van der Waals surface area (Å²) in [5.74, 6) is 0.410. The quantitative estimate of drug-likeness (QED) is 0.813. The fourth-order valence-electron chi connectivity index (χ4n) is 2.56. The summed E-state index contributed by atoms with van der Waals surface area (Å²) in [4.78, 5) is 9.86. The molecule has 3 rings (SSSR count). The highest BCUT2D eigenvalue weighted by molar-refractivity contribution is 5.52. The Balaban J connectivity index is 1.95. The van der Waals surface area contributed by atoms with Crippen molar-refractivity contribution in [3.63, 3.8) is 0 Å². The van der Waals surface area contributed by atoms with E-state index in [1.807, 2.05) is 6.07 Å². The Kier molecular flexibility index (Phi) is 3.45. The molecule has 0 saturated carbocycles. The van der Waals surface area contributed by atoms with Crippen LogP contribution >= 0.6 is 0 Å². The van der Waals surface area contributed by atoms with Gasteiger partial charge in [0.2, 0.25) is 0 Å². The van der Waals surface area contributed by atoms with Crippen LogP contribution in [0.15, 0.2) is 30.6 Å². The van der Waals surface area contributed by atoms with Crippen LogP contribution in [0.25, 0.3) is 0 Å². The van der Waals surface area contributed by atoms with E-state index in [-0.39, 0.29) is 12.2 Å². The number of alkyl halides is 3. The van der Waals surface area contributed by atoms with Crippen LogP contribution in [0.5, 0.6) is 0 Å². The van der Waals surface area contributed by atoms with Gasteiger partial charge in [0, 0.05) is 25.5 Å². The van der Waals surface area contributed by atoms with E-state index in [0.717, 1.165) is 11.6 Å². The Bertz CT molecular complexity index is 749. The van der Waals surface area contributed by atoms with Crippen molar-refractivity contribution in [2.24, 2.45) is 0 Å². The smallest absolute Gasteiger partial charge is 0.350 e. The molecule has 1 aliphatic heterocycles. The molecule has 0 spiro atoms. The van der Waals surface area contributed by atoms with E-state index >= 15 is 0 Å². The minimum absolute atomic E-state index is 0.179. The summed E-state index contributed by atoms with van der Waals surface area (Å²) in [6.45, 7) is 0.873. The Labute approximate surface area is 124 Å². The highest BCUT2D eigenvalue weighted by atomic mass is 19.4. The van der Waals surface area contributed by atoms with Gasteiger partial charge in [-0.3, -0.25) is 0 Å². The molecule has 7 heteroatoms. The van der Waals surface area contributed by atoms with Crippen molar-refractivity contribution in [3.05, 3.63) is 53.0 Å². The molecule has 0 radical (unpaired) electrons. The average Bonchev–Trinajstić information content (AvgIpc) is 2.53. The first-order valence-electron chi connectivity index (χ1n) is 6.64. The number of hydrogen-bond donors (Lipinski definition) is 0. The van der Waals surface area contributed by atoms with Gasteiger partial charge in [-0.15, -0.1) is 0 Å². The SMILES string of the molecule is N#Cc1nccnc1N1CCc2ccc(C(F)(F)F)cc2C1. The van der Waals surface area contributed by atoms with Gasteiger partial charge >= 0.3 is 6.18 Å². The van der Waals surface area contributed by atoms with E-state index in [1.165, 1.54) is 24.5 Å². The van der Waals surface area contributed by atoms with Crippen molar-refractivity contribution >= 4 is 5.82 Å². The molecule has 0 atom stereocenters. The van der Waals surface area contributed by atoms with Crippen molar-refractivity contribution in [2.75, 3.05) is 11.4 Å². The molecule has 1 aromatic heterocycles. The molecule has 4 nitrogen and oxygen atoms in total. The first-order chi connectivity index (χ1) is 10.5. The van der Waals surface area contributed by atoms with Gasteiger partial charge in [0.25, 0.3) is 0 Å². The molecule has 0 amide bonds. The highest BCUT2D eigenvalue weighted by Crippen LogP contribution is 2.33. The van der Waals surface area contributed by atoms with Gasteiger partial charge in [0.05, 0.1) is 5.56 Å². The van der Waals surface area contributed by atoms with Crippen LogP contribution in [-0.2, 0) is 19.1 Å². The molecule has 0 aliphatic carbocycles. The largest absolute Gasteiger partial charge is 0.416 e. The molecule has 0 unspecified atom stereocenters. The summed E-state index contributed by atoms with van der Waals surface area (Å²) < 4.78 is 38.5. The number of halogens is 3. The summed E-state index contributed by atoms with van der Waals surface area (Å²) in [5, 5.41) is 9.07. The average molecular weight is 304 g/mol. The maximum atomic E-state index is 12.8. The predicted molar refractivity (Wildman–Crippen MR) is 72.9 cm³/mol. The lowest BCUT2D eigenvalue weighted by Gasteiger charge is -2.30. The van der Waals surface area contributed by atoms with Gasteiger partial charge < -0.3 is 4.90 Å². The van der Waals surface area contributed by atoms with E-state index in [9.17, 15) is 13.2 Å². The zero-order valence-electron chi connectivity index (χ0n) is 11.4. The first-order valence-corrected chi connectivity index (χ1v) is 6.64. The zero-order valence-corrected chi connectivity index (χ0v) is 11.4. The van der Waals surface area contributed by atoms with Crippen molar-refractivity contribution in [1.82, 2.24) is 9.97 Å². The van der Waals surface area contributed by atoms with Gasteiger partial charge in [0.1, 0.15) is 6.07 Å². The maximum Gasteiger partial charge on any atom is 0.416 e. The number of anilines is 1. The molecular weight excluding hydrogens is 293 g/mol. The molecule has 2 heterocycles. The van der Waals surface area contributed by atoms with Crippen molar-refractivity contribution < 1.29 is 13.2 Å². The number of nitrogens with zero attached hydrogens (tertiary/aromatic N) is 4. The van der Waals surface area contributed by atoms with Gasteiger partial charge in [-0.05, 0) is 29.7 Å². The second-order valence-corrected chi connectivity index (χ2v) is 4.99. The van der Waals surface area contributed by atoms with E-state index < -0.39 is 11.7 Å². The number of rotatable bonds is 1. The maximum absolute atomic E-state index is 12.8. The number of hydrogen-bond acceptors (Lipinski definition) is 4. The molecule has 1 aromatic carbocycles. The summed E-state index contributed by atoms with van der Waals surface area (Å²) in [5.41, 5.74) is 1.02. The Hall–Kier alpha value is -2.62. The second kappa shape index (κ2) is 5.30. The van der Waals surface area contributed by atoms with Crippen LogP contribution in [0.2, 0.25) is 0 Å². The third-order valence-electron chi connectivity index (χ3n) is 3.63. The van der Waals surface area contributed by atoms with Crippen LogP contribution in [0, 0.1) is 11.3 Å². The summed E-state index contributed by atoms with van der Waals surface area (Å²) >= 11 is 0. The lowest BCUT2D eigenvalue weighted by molar-refractivity contribution is -0.137. The molecule has 0 saturated heterocycles. The minimum Gasteiger partial charge on any atom is -0.350 e. The third kappa shape index (κ3) is 2.60. The molecule has 1 aliphatic rings. The van der Waals surface area contributed by atoms with E-state index in [0.29, 0.717) is 24.3 Å². The predicted octanol–water partition coefficient (Wildman–Crippen LogP) is 2.93. The molecular formula is C15H11F3N4. The first kappa shape index (κ1) is 14.3. The Morgan fingerprint density at radius 2 is 1.91 bits per heavy atom. The zero-order chi connectivity index (χ0) is 15.7. The van der Waals surface area contributed by atoms with Crippen LogP contribution in [0.3, 0.4) is 0 Å². The third-order valence-corrected chi connectivity index (χ3v) is 3.63. The van der Waals surface area contributed by atoms with Crippen molar-refractivity contribution in [2.45, 2.75) is 19.1 Å². The summed E-state index contributed by atoms with van der Waals surface area (Å²) in [6.07, 6.45) is -0.865. The van der Waals surface area contributed by atoms with Crippen LogP contribution in [0.1, 0.15) is 22.4 Å². The van der Waals surface area contributed by atoms with Gasteiger partial charge in [-0.2, -0.15) is 18.4 Å². The standard InChI is InChI=1S/C15H11F3N4/c16-15(17,18)12-2-1-10-3-6-22(9-11(10)7-12)14-13(8-19)20-4-5-21-14/h1-2,4-5,7H,3,6,9H2. The molecule has 0 N–H and O–H groups in total. The lowest BCUT2D eigenvalue weighted by Crippen LogP contribution is -2.32. The van der Waals surface area contributed by atoms with Crippen LogP contribution in [0.4, 0.5) is 19.0 Å². The summed E-state index contributed by atoms with van der Waals surface area (Å²) in [6, 6.07) is 5.76. The fraction of sp³-hybridized carbons (Fsp3) is 0.267.